The Balaban J connectivity index is 0.807. The number of ether oxygens (including phenoxy) is 15. The van der Waals surface area contributed by atoms with Crippen LogP contribution in [0.15, 0.2) is 0 Å². The van der Waals surface area contributed by atoms with E-state index in [0.717, 1.165) is 0 Å². The first kappa shape index (κ1) is 73.2. The Morgan fingerprint density at radius 2 is 0.640 bits per heavy atom. The molecule has 0 aliphatic carbocycles. The smallest absolute Gasteiger partial charge is 0.394 e. The highest BCUT2D eigenvalue weighted by Crippen LogP contribution is 2.36. The van der Waals surface area contributed by atoms with E-state index in [9.17, 15) is 90.5 Å². The van der Waals surface area contributed by atoms with Gasteiger partial charge in [0.15, 0.2) is 50.3 Å². The van der Waals surface area contributed by atoms with E-state index in [1.165, 1.54) is 0 Å². The van der Waals surface area contributed by atoms with Gasteiger partial charge in [-0.15, -0.1) is 0 Å². The van der Waals surface area contributed by atoms with Gasteiger partial charge in [-0.2, -0.15) is 25.3 Å². The molecule has 8 fully saturated rings. The standard InChI is InChI=1S/C44H78N4O38S3/c45-29-33(55)38(22(76-41(29)59)10-73-87(60,61)62)85-27-3-16(53)21(9-71-27)80-44-32(48)36(58)40(24(82-44)12-75-89(66,67)68)86-28-4-15(52)19(7-72-28)78-42-30(46)34(56)37(18(5-49)77-42)83-26-2-14(51)20(8-70-26)79-43-31(47)35(57)39(23(81-43)11-74-88(63,64)65)84-25-1-13(50)17(54)6-69-25/h13-44,49-59H,1-12,45-48H2,(H,60,61,62)(H,63,64,65)(H,66,67,68)/t13-,14-,15-,16-,17+,18?,19+,20+,21+,22?,23?,24?,25-,26-,27-,28-,29?,30?,31?,32?,33+,34+,35+,36+,37+,38+,39-,40-,41-,42+,43+,44-/m0/s1. The summed E-state index contributed by atoms with van der Waals surface area (Å²) in [5, 5.41) is 119. The second-order valence-electron chi connectivity index (χ2n) is 22.0. The molecule has 22 N–H and O–H groups in total. The maximum Gasteiger partial charge on any atom is 0.397 e. The van der Waals surface area contributed by atoms with Gasteiger partial charge in [0.2, 0.25) is 0 Å². The van der Waals surface area contributed by atoms with Crippen molar-refractivity contribution < 1.29 is 179 Å². The highest BCUT2D eigenvalue weighted by atomic mass is 32.3. The normalized spacial score (nSPS) is 47.4. The van der Waals surface area contributed by atoms with Crippen molar-refractivity contribution in [2.45, 2.75) is 222 Å². The predicted octanol–water partition coefficient (Wildman–Crippen LogP) is -12.4. The summed E-state index contributed by atoms with van der Waals surface area (Å²) >= 11 is 0. The molecule has 8 unspecified atom stereocenters. The minimum absolute atomic E-state index is 0.271. The van der Waals surface area contributed by atoms with Crippen LogP contribution in [0.3, 0.4) is 0 Å². The van der Waals surface area contributed by atoms with Crippen molar-refractivity contribution in [1.82, 2.24) is 0 Å². The van der Waals surface area contributed by atoms with E-state index < -0.39 is 287 Å². The molecule has 8 heterocycles. The van der Waals surface area contributed by atoms with E-state index >= 15 is 0 Å². The molecule has 0 spiro atoms. The van der Waals surface area contributed by atoms with Gasteiger partial charge >= 0.3 is 31.2 Å². The molecule has 520 valence electrons. The first-order chi connectivity index (χ1) is 41.7. The zero-order chi connectivity index (χ0) is 65.2. The molecule has 45 heteroatoms. The number of hydrogen-bond acceptors (Lipinski definition) is 39. The van der Waals surface area contributed by atoms with Crippen LogP contribution in [0.1, 0.15) is 25.7 Å². The van der Waals surface area contributed by atoms with Crippen molar-refractivity contribution in [2.75, 3.05) is 52.9 Å². The number of rotatable bonds is 24. The van der Waals surface area contributed by atoms with Crippen LogP contribution in [0.4, 0.5) is 0 Å². The molecule has 32 atom stereocenters. The number of hydrogen-bond donors (Lipinski definition) is 18. The van der Waals surface area contributed by atoms with Crippen LogP contribution in [0.2, 0.25) is 0 Å². The Kier molecular flexibility index (Phi) is 25.6. The van der Waals surface area contributed by atoms with E-state index in [1.54, 1.807) is 0 Å². The van der Waals surface area contributed by atoms with Gasteiger partial charge in [-0.25, -0.2) is 12.5 Å². The average molecular weight is 1370 g/mol. The molecule has 42 nitrogen and oxygen atoms in total. The fourth-order valence-corrected chi connectivity index (χ4v) is 11.7. The molecule has 0 amide bonds. The van der Waals surface area contributed by atoms with E-state index in [-0.39, 0.29) is 19.4 Å². The molecule has 8 saturated heterocycles. The number of nitrogens with two attached hydrogens (primary N) is 4. The first-order valence-corrected chi connectivity index (χ1v) is 31.7. The van der Waals surface area contributed by atoms with Gasteiger partial charge in [0.25, 0.3) is 0 Å². The third-order valence-electron chi connectivity index (χ3n) is 15.6. The third-order valence-corrected chi connectivity index (χ3v) is 16.9. The average Bonchev–Trinajstić information content (AvgIpc) is 1.93. The van der Waals surface area contributed by atoms with E-state index in [2.05, 4.69) is 12.5 Å². The molecule has 0 aromatic rings. The second-order valence-corrected chi connectivity index (χ2v) is 25.3. The molecule has 89 heavy (non-hydrogen) atoms. The summed E-state index contributed by atoms with van der Waals surface area (Å²) in [4.78, 5) is 0. The summed E-state index contributed by atoms with van der Waals surface area (Å²) in [6.07, 6.45) is -43.9. The van der Waals surface area contributed by atoms with Crippen LogP contribution in [-0.2, 0) is 115 Å². The van der Waals surface area contributed by atoms with Crippen molar-refractivity contribution in [2.24, 2.45) is 22.9 Å². The lowest BCUT2D eigenvalue weighted by atomic mass is 9.96. The molecule has 0 saturated carbocycles. The fraction of sp³-hybridized carbons (Fsp3) is 1.00. The molecule has 8 aliphatic rings. The topological polar surface area (TPSA) is 656 Å². The van der Waals surface area contributed by atoms with Crippen LogP contribution in [0.25, 0.3) is 0 Å². The monoisotopic (exact) mass is 1370 g/mol. The van der Waals surface area contributed by atoms with Gasteiger partial charge in [-0.1, -0.05) is 0 Å². The van der Waals surface area contributed by atoms with Crippen molar-refractivity contribution in [3.05, 3.63) is 0 Å². The van der Waals surface area contributed by atoms with Gasteiger partial charge in [-0.3, -0.25) is 13.7 Å². The van der Waals surface area contributed by atoms with Crippen molar-refractivity contribution in [1.29, 1.82) is 0 Å². The zero-order valence-corrected chi connectivity index (χ0v) is 49.0. The van der Waals surface area contributed by atoms with Crippen LogP contribution >= 0.6 is 0 Å². The molecule has 0 aromatic heterocycles. The molecule has 0 bridgehead atoms. The molecular formula is C44H78N4O38S3. The second kappa shape index (κ2) is 31.1. The van der Waals surface area contributed by atoms with Crippen molar-refractivity contribution in [3.63, 3.8) is 0 Å². The van der Waals surface area contributed by atoms with Crippen LogP contribution in [0.5, 0.6) is 0 Å². The summed E-state index contributed by atoms with van der Waals surface area (Å²) in [5.74, 6) is 0. The predicted molar refractivity (Wildman–Crippen MR) is 274 cm³/mol. The summed E-state index contributed by atoms with van der Waals surface area (Å²) < 4.78 is 196. The molecular weight excluding hydrogens is 1290 g/mol. The maximum atomic E-state index is 11.7. The van der Waals surface area contributed by atoms with Gasteiger partial charge in [0.05, 0.1) is 101 Å². The summed E-state index contributed by atoms with van der Waals surface area (Å²) in [6.45, 7) is -5.64. The quantitative estimate of drug-likeness (QED) is 0.0399. The van der Waals surface area contributed by atoms with Gasteiger partial charge in [0, 0.05) is 25.7 Å². The zero-order valence-electron chi connectivity index (χ0n) is 46.6. The van der Waals surface area contributed by atoms with Crippen LogP contribution in [0, 0.1) is 0 Å². The summed E-state index contributed by atoms with van der Waals surface area (Å²) in [7, 11) is -15.3. The SMILES string of the molecule is NC1[C@@H](O[C@@H]2CO[C@@H](O[C@H]3C(COS(=O)(=O)O)O[C@H](O[C@@H]4CO[C@@H](O[C@@H]5C(COS(=O)(=O)O)O[C@H](O)C(N)[C@H]5O)C[C@@H]4O)C(N)[C@H]3O)C[C@@H]2O)OC(CO)[C@@H](O[C@H]2C[C@H](O)[C@H](O[C@@H]3OC(COS(=O)(=O)O)[C@H](O[C@H]4C[C@H](O)[C@H](O)CO4)[C@H](O)C3N)CO2)[C@@H]1O. The third kappa shape index (κ3) is 19.3. The Bertz CT molecular complexity index is 2580. The fourth-order valence-electron chi connectivity index (χ4n) is 10.7. The Labute approximate surface area is 506 Å². The first-order valence-electron chi connectivity index (χ1n) is 27.6. The minimum atomic E-state index is -5.17. The van der Waals surface area contributed by atoms with E-state index in [1.807, 2.05) is 0 Å². The van der Waals surface area contributed by atoms with Crippen molar-refractivity contribution in [3.8, 4) is 0 Å². The van der Waals surface area contributed by atoms with Crippen molar-refractivity contribution >= 4 is 31.2 Å². The Hall–Kier alpha value is -1.59. The van der Waals surface area contributed by atoms with E-state index in [4.69, 9.17) is 98.5 Å². The van der Waals surface area contributed by atoms with Crippen LogP contribution in [-0.4, -0.2) is 345 Å². The van der Waals surface area contributed by atoms with Gasteiger partial charge in [0.1, 0.15) is 97.7 Å². The highest BCUT2D eigenvalue weighted by Gasteiger charge is 2.54. The Morgan fingerprint density at radius 3 is 0.944 bits per heavy atom. The summed E-state index contributed by atoms with van der Waals surface area (Å²) in [5.41, 5.74) is 24.7. The van der Waals surface area contributed by atoms with Crippen LogP contribution < -0.4 is 22.9 Å². The molecule has 0 radical (unpaired) electrons. The molecule has 8 rings (SSSR count). The molecule has 0 aromatic carbocycles. The molecule has 8 aliphatic heterocycles. The Morgan fingerprint density at radius 1 is 0.360 bits per heavy atom. The summed E-state index contributed by atoms with van der Waals surface area (Å²) in [6, 6.07) is -5.99. The number of aliphatic hydroxyl groups excluding tert-OH is 11. The van der Waals surface area contributed by atoms with Gasteiger partial charge < -0.3 is 150 Å². The lowest BCUT2D eigenvalue weighted by molar-refractivity contribution is -0.350. The minimum Gasteiger partial charge on any atom is -0.394 e. The van der Waals surface area contributed by atoms with E-state index in [0.29, 0.717) is 0 Å². The number of aliphatic hydroxyl groups is 11. The lowest BCUT2D eigenvalue weighted by Gasteiger charge is -2.47. The lowest BCUT2D eigenvalue weighted by Crippen LogP contribution is -2.66. The van der Waals surface area contributed by atoms with Gasteiger partial charge in [-0.05, 0) is 0 Å². The highest BCUT2D eigenvalue weighted by molar-refractivity contribution is 7.81. The maximum absolute atomic E-state index is 11.7. The largest absolute Gasteiger partial charge is 0.397 e.